The van der Waals surface area contributed by atoms with Gasteiger partial charge in [-0.15, -0.1) is 0 Å². The maximum absolute atomic E-state index is 5.69. The van der Waals surface area contributed by atoms with E-state index in [4.69, 9.17) is 18.0 Å². The van der Waals surface area contributed by atoms with Gasteiger partial charge in [0.25, 0.3) is 0 Å². The molecule has 4 nitrogen and oxygen atoms in total. The molecule has 0 saturated heterocycles. The molecule has 1 atom stereocenters. The van der Waals surface area contributed by atoms with Crippen LogP contribution in [-0.4, -0.2) is 28.0 Å². The van der Waals surface area contributed by atoms with Gasteiger partial charge in [-0.1, -0.05) is 33.0 Å². The van der Waals surface area contributed by atoms with Crippen molar-refractivity contribution in [2.45, 2.75) is 40.5 Å². The van der Waals surface area contributed by atoms with Gasteiger partial charge < -0.3 is 10.6 Å². The van der Waals surface area contributed by atoms with E-state index in [1.807, 2.05) is 19.9 Å². The minimum atomic E-state index is 0.154. The Morgan fingerprint density at radius 3 is 2.47 bits per heavy atom. The number of aromatic nitrogens is 2. The first-order valence-corrected chi connectivity index (χ1v) is 7.15. The third-order valence-corrected chi connectivity index (χ3v) is 3.50. The molecular formula is C14H24N4S. The predicted octanol–water partition coefficient (Wildman–Crippen LogP) is 2.66. The quantitative estimate of drug-likeness (QED) is 0.812. The topological polar surface area (TPSA) is 55.0 Å². The van der Waals surface area contributed by atoms with Crippen LogP contribution in [-0.2, 0) is 0 Å². The Kier molecular flexibility index (Phi) is 5.66. The van der Waals surface area contributed by atoms with Crippen LogP contribution in [0.2, 0.25) is 0 Å². The zero-order valence-electron chi connectivity index (χ0n) is 12.5. The zero-order valence-corrected chi connectivity index (χ0v) is 13.3. The Labute approximate surface area is 121 Å². The van der Waals surface area contributed by atoms with Crippen molar-refractivity contribution >= 4 is 23.2 Å². The molecule has 1 aromatic heterocycles. The summed E-state index contributed by atoms with van der Waals surface area (Å²) in [5, 5.41) is 0. The van der Waals surface area contributed by atoms with Gasteiger partial charge >= 0.3 is 0 Å². The molecule has 2 N–H and O–H groups in total. The molecule has 0 saturated carbocycles. The van der Waals surface area contributed by atoms with Gasteiger partial charge in [0.2, 0.25) is 5.95 Å². The predicted molar refractivity (Wildman–Crippen MR) is 84.7 cm³/mol. The summed E-state index contributed by atoms with van der Waals surface area (Å²) in [6, 6.07) is 2.04. The van der Waals surface area contributed by atoms with E-state index in [2.05, 4.69) is 35.6 Å². The summed E-state index contributed by atoms with van der Waals surface area (Å²) in [6.45, 7) is 12.0. The Balaban J connectivity index is 3.01. The molecule has 0 spiro atoms. The summed E-state index contributed by atoms with van der Waals surface area (Å²) < 4.78 is 0. The highest BCUT2D eigenvalue weighted by molar-refractivity contribution is 7.80. The maximum Gasteiger partial charge on any atom is 0.225 e. The number of anilines is 1. The fraction of sp³-hybridized carbons (Fsp3) is 0.643. The number of nitrogens with zero attached hydrogens (tertiary/aromatic N) is 3. The fourth-order valence-corrected chi connectivity index (χ4v) is 1.86. The van der Waals surface area contributed by atoms with Gasteiger partial charge in [-0.3, -0.25) is 0 Å². The maximum atomic E-state index is 5.69. The van der Waals surface area contributed by atoms with Gasteiger partial charge in [-0.2, -0.15) is 0 Å². The lowest BCUT2D eigenvalue weighted by molar-refractivity contribution is 0.681. The van der Waals surface area contributed by atoms with Crippen LogP contribution in [0.3, 0.4) is 0 Å². The Morgan fingerprint density at radius 1 is 1.37 bits per heavy atom. The monoisotopic (exact) mass is 280 g/mol. The minimum absolute atomic E-state index is 0.154. The van der Waals surface area contributed by atoms with E-state index in [9.17, 15) is 0 Å². The zero-order chi connectivity index (χ0) is 14.6. The molecule has 19 heavy (non-hydrogen) atoms. The van der Waals surface area contributed by atoms with E-state index >= 15 is 0 Å². The second kappa shape index (κ2) is 6.80. The summed E-state index contributed by atoms with van der Waals surface area (Å²) in [5.74, 6) is 1.32. The molecule has 0 aliphatic rings. The average molecular weight is 280 g/mol. The number of rotatable bonds is 6. The second-order valence-corrected chi connectivity index (χ2v) is 5.70. The van der Waals surface area contributed by atoms with E-state index in [0.29, 0.717) is 10.9 Å². The molecule has 0 aliphatic heterocycles. The van der Waals surface area contributed by atoms with Crippen molar-refractivity contribution in [1.29, 1.82) is 0 Å². The average Bonchev–Trinajstić information content (AvgIpc) is 2.34. The summed E-state index contributed by atoms with van der Waals surface area (Å²) in [5.41, 5.74) is 7.76. The molecular weight excluding hydrogens is 256 g/mol. The lowest BCUT2D eigenvalue weighted by atomic mass is 10.1. The molecule has 0 bridgehead atoms. The molecule has 1 heterocycles. The molecule has 0 aromatic carbocycles. The van der Waals surface area contributed by atoms with Crippen molar-refractivity contribution in [1.82, 2.24) is 9.97 Å². The van der Waals surface area contributed by atoms with E-state index in [1.165, 1.54) is 0 Å². The molecule has 1 aromatic rings. The van der Waals surface area contributed by atoms with Crippen molar-refractivity contribution in [2.75, 3.05) is 18.0 Å². The van der Waals surface area contributed by atoms with Crippen molar-refractivity contribution in [3.05, 3.63) is 17.5 Å². The molecule has 1 rings (SSSR count). The highest BCUT2D eigenvalue weighted by Crippen LogP contribution is 2.17. The lowest BCUT2D eigenvalue weighted by Crippen LogP contribution is -2.35. The molecule has 0 amide bonds. The SMILES string of the molecule is CCN(CC(C)C(N)=S)c1nc(C)cc(C(C)C)n1. The van der Waals surface area contributed by atoms with Gasteiger partial charge in [0, 0.05) is 30.4 Å². The number of hydrogen-bond acceptors (Lipinski definition) is 4. The van der Waals surface area contributed by atoms with Gasteiger partial charge in [0.1, 0.15) is 0 Å². The van der Waals surface area contributed by atoms with Crippen molar-refractivity contribution in [2.24, 2.45) is 11.7 Å². The van der Waals surface area contributed by atoms with Crippen LogP contribution in [0.4, 0.5) is 5.95 Å². The van der Waals surface area contributed by atoms with Crippen molar-refractivity contribution in [3.63, 3.8) is 0 Å². The third-order valence-electron chi connectivity index (χ3n) is 3.10. The van der Waals surface area contributed by atoms with Gasteiger partial charge in [-0.05, 0) is 25.8 Å². The van der Waals surface area contributed by atoms with Crippen LogP contribution in [0.1, 0.15) is 45.0 Å². The summed E-state index contributed by atoms with van der Waals surface area (Å²) >= 11 is 5.04. The van der Waals surface area contributed by atoms with Crippen LogP contribution in [0.25, 0.3) is 0 Å². The molecule has 106 valence electrons. The number of nitrogens with two attached hydrogens (primary N) is 1. The minimum Gasteiger partial charge on any atom is -0.393 e. The van der Waals surface area contributed by atoms with Crippen LogP contribution in [0.15, 0.2) is 6.07 Å². The molecule has 1 unspecified atom stereocenters. The summed E-state index contributed by atoms with van der Waals surface area (Å²) in [4.78, 5) is 11.8. The lowest BCUT2D eigenvalue weighted by Gasteiger charge is -2.25. The van der Waals surface area contributed by atoms with E-state index in [1.54, 1.807) is 0 Å². The fourth-order valence-electron chi connectivity index (χ4n) is 1.79. The largest absolute Gasteiger partial charge is 0.393 e. The van der Waals surface area contributed by atoms with E-state index in [0.717, 1.165) is 30.4 Å². The van der Waals surface area contributed by atoms with Crippen molar-refractivity contribution < 1.29 is 0 Å². The first-order valence-electron chi connectivity index (χ1n) is 6.75. The standard InChI is InChI=1S/C14H24N4S/c1-6-18(8-10(4)13(15)19)14-16-11(5)7-12(17-14)9(2)3/h7,9-10H,6,8H2,1-5H3,(H2,15,19). The second-order valence-electron chi connectivity index (χ2n) is 5.23. The number of aryl methyl sites for hydroxylation is 1. The van der Waals surface area contributed by atoms with Gasteiger partial charge in [0.15, 0.2) is 0 Å². The van der Waals surface area contributed by atoms with Gasteiger partial charge in [0.05, 0.1) is 4.99 Å². The molecule has 0 fully saturated rings. The van der Waals surface area contributed by atoms with Crippen LogP contribution in [0.5, 0.6) is 0 Å². The normalized spacial score (nSPS) is 12.5. The molecule has 5 heteroatoms. The third kappa shape index (κ3) is 4.42. The highest BCUT2D eigenvalue weighted by Gasteiger charge is 2.15. The molecule has 0 aliphatic carbocycles. The van der Waals surface area contributed by atoms with Crippen molar-refractivity contribution in [3.8, 4) is 0 Å². The van der Waals surface area contributed by atoms with Crippen LogP contribution >= 0.6 is 12.2 Å². The Hall–Kier alpha value is -1.23. The Morgan fingerprint density at radius 2 is 2.00 bits per heavy atom. The summed E-state index contributed by atoms with van der Waals surface area (Å²) in [6.07, 6.45) is 0. The van der Waals surface area contributed by atoms with Crippen LogP contribution in [0, 0.1) is 12.8 Å². The van der Waals surface area contributed by atoms with E-state index < -0.39 is 0 Å². The smallest absolute Gasteiger partial charge is 0.225 e. The first-order chi connectivity index (χ1) is 8.85. The Bertz CT molecular complexity index is 445. The van der Waals surface area contributed by atoms with Gasteiger partial charge in [-0.25, -0.2) is 9.97 Å². The highest BCUT2D eigenvalue weighted by atomic mass is 32.1. The van der Waals surface area contributed by atoms with E-state index in [-0.39, 0.29) is 5.92 Å². The number of hydrogen-bond donors (Lipinski definition) is 1. The van der Waals surface area contributed by atoms with Crippen LogP contribution < -0.4 is 10.6 Å². The number of thiocarbonyl (C=S) groups is 1. The molecule has 0 radical (unpaired) electrons. The summed E-state index contributed by atoms with van der Waals surface area (Å²) in [7, 11) is 0. The first kappa shape index (κ1) is 15.8.